The van der Waals surface area contributed by atoms with Crippen LogP contribution in [0.1, 0.15) is 29.0 Å². The van der Waals surface area contributed by atoms with E-state index in [1.54, 1.807) is 12.1 Å². The maximum atomic E-state index is 13.9. The number of hydrogen-bond donors (Lipinski definition) is 0. The minimum Gasteiger partial charge on any atom is -0.333 e. The van der Waals surface area contributed by atoms with Crippen molar-refractivity contribution >= 4 is 38.8 Å². The molecular weight excluding hydrogens is 610 g/mol. The smallest absolute Gasteiger partial charge is 0.333 e. The standard InChI is InChI=1S/C39H26F6N2/c40-38(41,42)25-14-16-31-29-8-1-3-10-33(29)46(35(31)19-25)28-7-5-6-23(18-28)24-12-13-27-22-37(27,21-24)47-34-11-4-2-9-30(34)32-17-15-26(20-36(32)47)39(43,44)45/h1-21,27,31,35H,22H2. The molecule has 234 valence electrons. The highest BCUT2D eigenvalue weighted by Gasteiger charge is 2.55. The third-order valence-corrected chi connectivity index (χ3v) is 10.2. The Kier molecular flexibility index (Phi) is 5.73. The van der Waals surface area contributed by atoms with Crippen LogP contribution in [0.15, 0.2) is 133 Å². The number of rotatable bonds is 3. The molecule has 4 unspecified atom stereocenters. The van der Waals surface area contributed by atoms with Gasteiger partial charge in [-0.3, -0.25) is 0 Å². The van der Waals surface area contributed by atoms with Gasteiger partial charge in [-0.15, -0.1) is 0 Å². The average molecular weight is 637 g/mol. The predicted molar refractivity (Wildman–Crippen MR) is 172 cm³/mol. The zero-order chi connectivity index (χ0) is 32.3. The normalized spacial score (nSPS) is 24.6. The van der Waals surface area contributed by atoms with Crippen molar-refractivity contribution in [3.8, 4) is 0 Å². The maximum absolute atomic E-state index is 13.9. The molecule has 1 aromatic heterocycles. The average Bonchev–Trinajstić information content (AvgIpc) is 3.56. The van der Waals surface area contributed by atoms with Gasteiger partial charge in [-0.05, 0) is 65.6 Å². The van der Waals surface area contributed by atoms with Crippen molar-refractivity contribution in [2.75, 3.05) is 4.90 Å². The Balaban J connectivity index is 1.17. The van der Waals surface area contributed by atoms with Gasteiger partial charge < -0.3 is 9.47 Å². The van der Waals surface area contributed by atoms with Gasteiger partial charge in [0, 0.05) is 39.5 Å². The number of halogens is 6. The first-order valence-corrected chi connectivity index (χ1v) is 15.5. The van der Waals surface area contributed by atoms with Crippen LogP contribution in [0.25, 0.3) is 27.4 Å². The van der Waals surface area contributed by atoms with E-state index in [9.17, 15) is 26.3 Å². The zero-order valence-corrected chi connectivity index (χ0v) is 24.7. The van der Waals surface area contributed by atoms with Crippen molar-refractivity contribution in [1.82, 2.24) is 4.57 Å². The van der Waals surface area contributed by atoms with Crippen LogP contribution in [0, 0.1) is 5.92 Å². The third kappa shape index (κ3) is 4.19. The predicted octanol–water partition coefficient (Wildman–Crippen LogP) is 10.8. The summed E-state index contributed by atoms with van der Waals surface area (Å²) in [6.07, 6.45) is 2.30. The SMILES string of the molecule is FC(F)(F)C1=CC2C(C=C1)c1ccccc1N2c1cccc(C2=CC3(n4c5ccccc5c5ccc(C(F)(F)F)cc54)CC3C=C2)c1. The van der Waals surface area contributed by atoms with Crippen molar-refractivity contribution in [3.63, 3.8) is 0 Å². The topological polar surface area (TPSA) is 8.17 Å². The van der Waals surface area contributed by atoms with Gasteiger partial charge in [0.05, 0.1) is 28.2 Å². The van der Waals surface area contributed by atoms with Gasteiger partial charge in [0.25, 0.3) is 0 Å². The lowest BCUT2D eigenvalue weighted by Crippen LogP contribution is -2.31. The maximum Gasteiger partial charge on any atom is 0.416 e. The summed E-state index contributed by atoms with van der Waals surface area (Å²) < 4.78 is 85.2. The Morgan fingerprint density at radius 1 is 0.702 bits per heavy atom. The summed E-state index contributed by atoms with van der Waals surface area (Å²) in [5, 5.41) is 1.67. The molecule has 1 fully saturated rings. The van der Waals surface area contributed by atoms with E-state index in [-0.39, 0.29) is 11.8 Å². The molecule has 4 aliphatic rings. The molecule has 9 rings (SSSR count). The summed E-state index contributed by atoms with van der Waals surface area (Å²) in [4.78, 5) is 1.98. The Bertz CT molecular complexity index is 2250. The van der Waals surface area contributed by atoms with Crippen LogP contribution >= 0.6 is 0 Å². The lowest BCUT2D eigenvalue weighted by atomic mass is 9.88. The van der Waals surface area contributed by atoms with Crippen molar-refractivity contribution in [3.05, 3.63) is 150 Å². The third-order valence-electron chi connectivity index (χ3n) is 10.2. The first-order chi connectivity index (χ1) is 22.5. The van der Waals surface area contributed by atoms with Gasteiger partial charge in [-0.1, -0.05) is 85.0 Å². The van der Waals surface area contributed by atoms with Crippen LogP contribution in [0.5, 0.6) is 0 Å². The van der Waals surface area contributed by atoms with Crippen LogP contribution < -0.4 is 4.90 Å². The van der Waals surface area contributed by atoms with Gasteiger partial charge in [-0.2, -0.15) is 26.3 Å². The second-order valence-corrected chi connectivity index (χ2v) is 12.8. The molecule has 0 radical (unpaired) electrons. The largest absolute Gasteiger partial charge is 0.416 e. The molecule has 5 aromatic rings. The Morgan fingerprint density at radius 2 is 1.49 bits per heavy atom. The molecule has 1 saturated carbocycles. The summed E-state index contributed by atoms with van der Waals surface area (Å²) in [7, 11) is 0. The Labute approximate surface area is 266 Å². The molecule has 3 aliphatic carbocycles. The fraction of sp³-hybridized carbons (Fsp3) is 0.179. The lowest BCUT2D eigenvalue weighted by molar-refractivity contribution is -0.137. The van der Waals surface area contributed by atoms with Gasteiger partial charge in [0.2, 0.25) is 0 Å². The van der Waals surface area contributed by atoms with Crippen molar-refractivity contribution < 1.29 is 26.3 Å². The minimum atomic E-state index is -4.47. The number of nitrogens with zero attached hydrogens (tertiary/aromatic N) is 2. The highest BCUT2D eigenvalue weighted by atomic mass is 19.4. The molecule has 4 atom stereocenters. The van der Waals surface area contributed by atoms with E-state index >= 15 is 0 Å². The molecular formula is C39H26F6N2. The molecule has 2 nitrogen and oxygen atoms in total. The molecule has 2 heterocycles. The van der Waals surface area contributed by atoms with Gasteiger partial charge in [0.1, 0.15) is 0 Å². The molecule has 0 spiro atoms. The van der Waals surface area contributed by atoms with Gasteiger partial charge in [-0.25, -0.2) is 0 Å². The molecule has 47 heavy (non-hydrogen) atoms. The van der Waals surface area contributed by atoms with Crippen LogP contribution in [0.4, 0.5) is 37.7 Å². The Hall–Kier alpha value is -4.98. The lowest BCUT2D eigenvalue weighted by Gasteiger charge is -2.31. The minimum absolute atomic E-state index is 0.120. The van der Waals surface area contributed by atoms with E-state index in [1.807, 2.05) is 77.7 Å². The number of fused-ring (bicyclic) bond motifs is 7. The molecule has 0 bridgehead atoms. The van der Waals surface area contributed by atoms with E-state index in [0.717, 1.165) is 56.9 Å². The van der Waals surface area contributed by atoms with Crippen LogP contribution in [0.2, 0.25) is 0 Å². The second-order valence-electron chi connectivity index (χ2n) is 12.8. The fourth-order valence-corrected chi connectivity index (χ4v) is 8.00. The summed E-state index contributed by atoms with van der Waals surface area (Å²) in [5.74, 6) is -0.101. The number of allylic oxidation sites excluding steroid dienone is 6. The number of alkyl halides is 6. The summed E-state index contributed by atoms with van der Waals surface area (Å²) in [5.41, 5.74) is 3.92. The quantitative estimate of drug-likeness (QED) is 0.179. The molecule has 0 amide bonds. The van der Waals surface area contributed by atoms with Gasteiger partial charge in [0.15, 0.2) is 0 Å². The number of anilines is 2. The number of benzene rings is 4. The monoisotopic (exact) mass is 636 g/mol. The Morgan fingerprint density at radius 3 is 2.32 bits per heavy atom. The molecule has 4 aromatic carbocycles. The highest BCUT2D eigenvalue weighted by Crippen LogP contribution is 2.59. The van der Waals surface area contributed by atoms with Crippen molar-refractivity contribution in [2.45, 2.75) is 36.3 Å². The molecule has 1 aliphatic heterocycles. The van der Waals surface area contributed by atoms with E-state index in [1.165, 1.54) is 18.2 Å². The van der Waals surface area contributed by atoms with Crippen LogP contribution in [-0.2, 0) is 11.7 Å². The summed E-state index contributed by atoms with van der Waals surface area (Å²) in [6, 6.07) is 26.6. The van der Waals surface area contributed by atoms with E-state index in [0.29, 0.717) is 5.52 Å². The van der Waals surface area contributed by atoms with Gasteiger partial charge >= 0.3 is 12.4 Å². The van der Waals surface area contributed by atoms with E-state index in [2.05, 4.69) is 22.8 Å². The van der Waals surface area contributed by atoms with Crippen LogP contribution in [-0.4, -0.2) is 16.8 Å². The molecule has 0 N–H and O–H groups in total. The van der Waals surface area contributed by atoms with Crippen molar-refractivity contribution in [1.29, 1.82) is 0 Å². The fourth-order valence-electron chi connectivity index (χ4n) is 8.00. The first-order valence-electron chi connectivity index (χ1n) is 15.5. The number of aromatic nitrogens is 1. The molecule has 8 heteroatoms. The highest BCUT2D eigenvalue weighted by molar-refractivity contribution is 6.09. The summed E-state index contributed by atoms with van der Waals surface area (Å²) >= 11 is 0. The van der Waals surface area contributed by atoms with E-state index in [4.69, 9.17) is 0 Å². The van der Waals surface area contributed by atoms with Crippen LogP contribution in [0.3, 0.4) is 0 Å². The number of hydrogen-bond acceptors (Lipinski definition) is 1. The van der Waals surface area contributed by atoms with Crippen molar-refractivity contribution in [2.24, 2.45) is 5.92 Å². The number of para-hydroxylation sites is 2. The first kappa shape index (κ1) is 28.3. The molecule has 0 saturated heterocycles. The summed E-state index contributed by atoms with van der Waals surface area (Å²) in [6.45, 7) is 0. The van der Waals surface area contributed by atoms with E-state index < -0.39 is 35.1 Å². The zero-order valence-electron chi connectivity index (χ0n) is 24.7. The second kappa shape index (κ2) is 9.53.